The molecule has 7 nitrogen and oxygen atoms in total. The zero-order valence-electron chi connectivity index (χ0n) is 23.2. The Kier molecular flexibility index (Phi) is 9.72. The first-order chi connectivity index (χ1) is 18.0. The molecule has 0 bridgehead atoms. The summed E-state index contributed by atoms with van der Waals surface area (Å²) in [6.07, 6.45) is 3.89. The van der Waals surface area contributed by atoms with E-state index in [1.165, 1.54) is 0 Å². The average Bonchev–Trinajstić information content (AvgIpc) is 2.81. The van der Waals surface area contributed by atoms with Crippen molar-refractivity contribution >= 4 is 24.0 Å². The van der Waals surface area contributed by atoms with E-state index < -0.39 is 23.8 Å². The third-order valence-electron chi connectivity index (χ3n) is 6.41. The molecule has 0 radical (unpaired) electrons. The predicted octanol–water partition coefficient (Wildman–Crippen LogP) is 5.41. The first kappa shape index (κ1) is 29.0. The summed E-state index contributed by atoms with van der Waals surface area (Å²) in [5.41, 5.74) is 1.74. The second-order valence-electron chi connectivity index (χ2n) is 11.2. The van der Waals surface area contributed by atoms with Gasteiger partial charge in [-0.2, -0.15) is 0 Å². The van der Waals surface area contributed by atoms with Crippen LogP contribution in [0.2, 0.25) is 0 Å². The minimum absolute atomic E-state index is 0.106. The third-order valence-corrected chi connectivity index (χ3v) is 6.41. The van der Waals surface area contributed by atoms with Gasteiger partial charge in [0.2, 0.25) is 11.8 Å². The summed E-state index contributed by atoms with van der Waals surface area (Å²) in [4.78, 5) is 42.6. The number of ether oxygens (including phenoxy) is 1. The molecule has 38 heavy (non-hydrogen) atoms. The third kappa shape index (κ3) is 7.94. The lowest BCUT2D eigenvalue weighted by Crippen LogP contribution is -2.58. The summed E-state index contributed by atoms with van der Waals surface area (Å²) < 4.78 is 5.50. The highest BCUT2D eigenvalue weighted by Gasteiger charge is 2.42. The van der Waals surface area contributed by atoms with Crippen LogP contribution >= 0.6 is 0 Å². The number of carbonyl (C=O) groups is 3. The molecule has 2 atom stereocenters. The van der Waals surface area contributed by atoms with Crippen LogP contribution in [0.1, 0.15) is 76.6 Å². The van der Waals surface area contributed by atoms with Crippen LogP contribution in [-0.2, 0) is 20.7 Å². The molecule has 2 aromatic carbocycles. The van der Waals surface area contributed by atoms with Gasteiger partial charge in [0.1, 0.15) is 17.7 Å². The van der Waals surface area contributed by atoms with E-state index in [0.717, 1.165) is 30.4 Å². The van der Waals surface area contributed by atoms with Crippen molar-refractivity contribution in [2.45, 2.75) is 90.1 Å². The Labute approximate surface area is 226 Å². The number of hydrogen-bond acceptors (Lipinski definition) is 4. The molecule has 0 spiro atoms. The molecule has 3 rings (SSSR count). The molecule has 1 saturated carbocycles. The normalized spacial score (nSPS) is 15.1. The van der Waals surface area contributed by atoms with E-state index in [2.05, 4.69) is 17.2 Å². The number of rotatable bonds is 10. The summed E-state index contributed by atoms with van der Waals surface area (Å²) in [7, 11) is 0. The average molecular weight is 520 g/mol. The largest absolute Gasteiger partial charge is 0.444 e. The first-order valence-corrected chi connectivity index (χ1v) is 13.4. The van der Waals surface area contributed by atoms with Crippen LogP contribution in [0.3, 0.4) is 0 Å². The Bertz CT molecular complexity index is 1120. The lowest BCUT2D eigenvalue weighted by molar-refractivity contribution is -0.147. The molecule has 0 saturated heterocycles. The number of nitrogens with one attached hydrogen (secondary N) is 2. The highest BCUT2D eigenvalue weighted by atomic mass is 16.6. The summed E-state index contributed by atoms with van der Waals surface area (Å²) in [5.74, 6) is -0.561. The van der Waals surface area contributed by atoms with Gasteiger partial charge in [0.15, 0.2) is 0 Å². The molecule has 2 aromatic rings. The van der Waals surface area contributed by atoms with Crippen molar-refractivity contribution in [1.82, 2.24) is 15.5 Å². The SMILES string of the molecule is C=Cc1cccc(C(C(=O)NC(C)C)N(C(=O)C(Cc2ccccc2)NC(=O)OC(C)(C)C)C2CCC2)c1. The molecule has 1 aliphatic carbocycles. The lowest BCUT2D eigenvalue weighted by atomic mass is 9.87. The second kappa shape index (κ2) is 12.8. The maximum absolute atomic E-state index is 14.4. The molecule has 204 valence electrons. The predicted molar refractivity (Wildman–Crippen MR) is 150 cm³/mol. The highest BCUT2D eigenvalue weighted by molar-refractivity contribution is 5.92. The molecule has 2 N–H and O–H groups in total. The van der Waals surface area contributed by atoms with Crippen LogP contribution < -0.4 is 10.6 Å². The molecule has 2 unspecified atom stereocenters. The number of amides is 3. The van der Waals surface area contributed by atoms with E-state index in [9.17, 15) is 14.4 Å². The van der Waals surface area contributed by atoms with E-state index in [-0.39, 0.29) is 30.3 Å². The monoisotopic (exact) mass is 519 g/mol. The van der Waals surface area contributed by atoms with Crippen molar-refractivity contribution in [3.05, 3.63) is 77.9 Å². The molecule has 1 aliphatic rings. The number of hydrogen-bond donors (Lipinski definition) is 2. The van der Waals surface area contributed by atoms with Crippen molar-refractivity contribution in [2.75, 3.05) is 0 Å². The van der Waals surface area contributed by atoms with Crippen LogP contribution in [0.4, 0.5) is 4.79 Å². The van der Waals surface area contributed by atoms with Gasteiger partial charge >= 0.3 is 6.09 Å². The van der Waals surface area contributed by atoms with Crippen LogP contribution in [0.5, 0.6) is 0 Å². The quantitative estimate of drug-likeness (QED) is 0.439. The van der Waals surface area contributed by atoms with Crippen LogP contribution in [0.15, 0.2) is 61.2 Å². The van der Waals surface area contributed by atoms with Crippen molar-refractivity contribution in [1.29, 1.82) is 0 Å². The Morgan fingerprint density at radius 2 is 1.74 bits per heavy atom. The van der Waals surface area contributed by atoms with E-state index >= 15 is 0 Å². The number of carbonyl (C=O) groups excluding carboxylic acids is 3. The maximum Gasteiger partial charge on any atom is 0.408 e. The van der Waals surface area contributed by atoms with Crippen molar-refractivity contribution in [3.8, 4) is 0 Å². The minimum atomic E-state index is -0.912. The van der Waals surface area contributed by atoms with Gasteiger partial charge in [0, 0.05) is 18.5 Å². The number of nitrogens with zero attached hydrogens (tertiary/aromatic N) is 1. The van der Waals surface area contributed by atoms with Gasteiger partial charge in [0.25, 0.3) is 0 Å². The van der Waals surface area contributed by atoms with Gasteiger partial charge in [-0.15, -0.1) is 0 Å². The first-order valence-electron chi connectivity index (χ1n) is 13.4. The van der Waals surface area contributed by atoms with Crippen molar-refractivity contribution < 1.29 is 19.1 Å². The van der Waals surface area contributed by atoms with Crippen molar-refractivity contribution in [2.24, 2.45) is 0 Å². The molecule has 0 aromatic heterocycles. The molecule has 3 amide bonds. The summed E-state index contributed by atoms with van der Waals surface area (Å²) >= 11 is 0. The minimum Gasteiger partial charge on any atom is -0.444 e. The molecule has 0 aliphatic heterocycles. The van der Waals surface area contributed by atoms with Crippen molar-refractivity contribution in [3.63, 3.8) is 0 Å². The molecular formula is C31H41N3O4. The van der Waals surface area contributed by atoms with Gasteiger partial charge < -0.3 is 20.3 Å². The Balaban J connectivity index is 2.05. The fourth-order valence-electron chi connectivity index (χ4n) is 4.52. The summed E-state index contributed by atoms with van der Waals surface area (Å²) in [6.45, 7) is 13.0. The Morgan fingerprint density at radius 1 is 1.05 bits per heavy atom. The Morgan fingerprint density at radius 3 is 2.29 bits per heavy atom. The molecular weight excluding hydrogens is 478 g/mol. The molecule has 1 fully saturated rings. The van der Waals surface area contributed by atoms with Crippen LogP contribution in [0, 0.1) is 0 Å². The zero-order chi connectivity index (χ0) is 27.9. The fourth-order valence-corrected chi connectivity index (χ4v) is 4.52. The van der Waals surface area contributed by atoms with Gasteiger partial charge in [0.05, 0.1) is 0 Å². The summed E-state index contributed by atoms with van der Waals surface area (Å²) in [5, 5.41) is 5.82. The second-order valence-corrected chi connectivity index (χ2v) is 11.2. The van der Waals surface area contributed by atoms with Gasteiger partial charge in [-0.25, -0.2) is 4.79 Å². The fraction of sp³-hybridized carbons (Fsp3) is 0.452. The highest BCUT2D eigenvalue weighted by Crippen LogP contribution is 2.34. The van der Waals surface area contributed by atoms with E-state index in [4.69, 9.17) is 4.74 Å². The van der Waals surface area contributed by atoms with Gasteiger partial charge in [-0.1, -0.05) is 61.2 Å². The lowest BCUT2D eigenvalue weighted by Gasteiger charge is -2.44. The van der Waals surface area contributed by atoms with Crippen LogP contribution in [0.25, 0.3) is 6.08 Å². The number of alkyl carbamates (subject to hydrolysis) is 1. The van der Waals surface area contributed by atoms with E-state index in [1.54, 1.807) is 31.7 Å². The number of benzene rings is 2. The molecule has 7 heteroatoms. The zero-order valence-corrected chi connectivity index (χ0v) is 23.2. The molecule has 0 heterocycles. The van der Waals surface area contributed by atoms with Crippen LogP contribution in [-0.4, -0.2) is 46.5 Å². The van der Waals surface area contributed by atoms with Gasteiger partial charge in [-0.05, 0) is 76.6 Å². The maximum atomic E-state index is 14.4. The Hall–Kier alpha value is -3.61. The topological polar surface area (TPSA) is 87.7 Å². The summed E-state index contributed by atoms with van der Waals surface area (Å²) in [6, 6.07) is 15.1. The smallest absolute Gasteiger partial charge is 0.408 e. The van der Waals surface area contributed by atoms with E-state index in [0.29, 0.717) is 5.56 Å². The van der Waals surface area contributed by atoms with E-state index in [1.807, 2.05) is 68.4 Å². The van der Waals surface area contributed by atoms with Gasteiger partial charge in [-0.3, -0.25) is 9.59 Å². The standard InChI is InChI=1S/C31H41N3O4/c1-7-22-15-11-16-24(19-22)27(28(35)32-21(2)3)34(25-17-12-18-25)29(36)26(20-23-13-9-8-10-14-23)33-30(37)38-31(4,5)6/h7-11,13-16,19,21,25-27H,1,12,17-18,20H2,2-6H3,(H,32,35)(H,33,37).